The summed E-state index contributed by atoms with van der Waals surface area (Å²) in [5, 5.41) is 15.4. The van der Waals surface area contributed by atoms with Crippen LogP contribution in [0.3, 0.4) is 0 Å². The van der Waals surface area contributed by atoms with Gasteiger partial charge in [0.25, 0.3) is 0 Å². The van der Waals surface area contributed by atoms with Gasteiger partial charge in [-0.3, -0.25) is 14.4 Å². The van der Waals surface area contributed by atoms with Crippen molar-refractivity contribution in [1.82, 2.24) is 19.7 Å². The molecule has 2 aliphatic rings. The largest absolute Gasteiger partial charge is 0.507 e. The second-order valence-electron chi connectivity index (χ2n) is 11.8. The van der Waals surface area contributed by atoms with E-state index in [1.807, 2.05) is 4.90 Å². The fourth-order valence-corrected chi connectivity index (χ4v) is 6.02. The molecule has 2 atom stereocenters. The number of benzene rings is 2. The molecule has 1 amide bonds. The molecular formula is C33H29F6N5O4. The molecule has 15 heteroatoms. The summed E-state index contributed by atoms with van der Waals surface area (Å²) >= 11 is 0. The number of cyclic esters (lactones) is 1. The van der Waals surface area contributed by atoms with Crippen molar-refractivity contribution in [3.05, 3.63) is 82.2 Å². The number of hydrogen-bond acceptors (Lipinski definition) is 7. The molecule has 1 N–H and O–H groups in total. The van der Waals surface area contributed by atoms with Gasteiger partial charge in [-0.1, -0.05) is 0 Å². The predicted octanol–water partition coefficient (Wildman–Crippen LogP) is 7.31. The Morgan fingerprint density at radius 1 is 0.979 bits per heavy atom. The summed E-state index contributed by atoms with van der Waals surface area (Å²) in [6, 6.07) is 8.38. The summed E-state index contributed by atoms with van der Waals surface area (Å²) < 4.78 is 88.4. The molecule has 2 aromatic carbocycles. The van der Waals surface area contributed by atoms with E-state index in [0.717, 1.165) is 19.5 Å². The molecule has 0 spiro atoms. The third-order valence-corrected chi connectivity index (χ3v) is 8.80. The van der Waals surface area contributed by atoms with Crippen molar-refractivity contribution in [2.45, 2.75) is 51.3 Å². The predicted molar refractivity (Wildman–Crippen MR) is 161 cm³/mol. The first-order valence-corrected chi connectivity index (χ1v) is 14.9. The SMILES string of the molecule is Cc1c(-c2ccc(O)c(-c3ccc(N4CCC4)nc3CN3C(=O)O[C@H](c4cc(C(F)(F)F)cc(C(F)(F)F)c4)C3C)c2)nn(C)c1C=O. The molecule has 0 saturated carbocycles. The van der Waals surface area contributed by atoms with Crippen LogP contribution < -0.4 is 4.90 Å². The maximum Gasteiger partial charge on any atom is 0.416 e. The van der Waals surface area contributed by atoms with Crippen LogP contribution in [0, 0.1) is 6.92 Å². The molecule has 6 rings (SSSR count). The molecule has 2 saturated heterocycles. The van der Waals surface area contributed by atoms with Crippen LogP contribution in [0.15, 0.2) is 48.5 Å². The first-order valence-electron chi connectivity index (χ1n) is 14.9. The topological polar surface area (TPSA) is 101 Å². The minimum absolute atomic E-state index is 0.0208. The Morgan fingerprint density at radius 2 is 1.65 bits per heavy atom. The number of aldehydes is 1. The van der Waals surface area contributed by atoms with Crippen molar-refractivity contribution in [2.75, 3.05) is 18.0 Å². The number of amides is 1. The maximum atomic E-state index is 13.6. The van der Waals surface area contributed by atoms with Gasteiger partial charge in [0.1, 0.15) is 23.4 Å². The summed E-state index contributed by atoms with van der Waals surface area (Å²) in [4.78, 5) is 32.8. The number of ether oxygens (including phenoxy) is 1. The van der Waals surface area contributed by atoms with Gasteiger partial charge in [0, 0.05) is 42.4 Å². The highest BCUT2D eigenvalue weighted by Gasteiger charge is 2.43. The smallest absolute Gasteiger partial charge is 0.416 e. The molecule has 0 radical (unpaired) electrons. The van der Waals surface area contributed by atoms with Crippen LogP contribution in [0.5, 0.6) is 5.75 Å². The molecular weight excluding hydrogens is 644 g/mol. The van der Waals surface area contributed by atoms with E-state index >= 15 is 0 Å². The summed E-state index contributed by atoms with van der Waals surface area (Å²) in [5.41, 5.74) is -0.336. The zero-order valence-corrected chi connectivity index (χ0v) is 25.9. The van der Waals surface area contributed by atoms with E-state index in [4.69, 9.17) is 9.72 Å². The minimum Gasteiger partial charge on any atom is -0.507 e. The van der Waals surface area contributed by atoms with Crippen LogP contribution in [0.1, 0.15) is 57.9 Å². The summed E-state index contributed by atoms with van der Waals surface area (Å²) in [6.45, 7) is 4.46. The van der Waals surface area contributed by atoms with E-state index < -0.39 is 47.3 Å². The first kappa shape index (κ1) is 32.8. The number of alkyl halides is 6. The number of anilines is 1. The van der Waals surface area contributed by atoms with E-state index in [1.54, 1.807) is 38.2 Å². The summed E-state index contributed by atoms with van der Waals surface area (Å²) in [5.74, 6) is 0.470. The monoisotopic (exact) mass is 673 g/mol. The van der Waals surface area contributed by atoms with E-state index in [1.165, 1.54) is 22.6 Å². The van der Waals surface area contributed by atoms with Crippen molar-refractivity contribution in [1.29, 1.82) is 0 Å². The number of aryl methyl sites for hydroxylation is 1. The molecule has 4 aromatic rings. The Labute approximate surface area is 270 Å². The Balaban J connectivity index is 1.40. The maximum absolute atomic E-state index is 13.6. The number of phenolic OH excluding ortho intramolecular Hbond substituents is 1. The Kier molecular flexibility index (Phi) is 8.12. The molecule has 2 aromatic heterocycles. The quantitative estimate of drug-likeness (QED) is 0.162. The molecule has 2 aliphatic heterocycles. The van der Waals surface area contributed by atoms with Crippen molar-refractivity contribution in [3.8, 4) is 28.1 Å². The van der Waals surface area contributed by atoms with Crippen molar-refractivity contribution >= 4 is 18.2 Å². The van der Waals surface area contributed by atoms with E-state index in [2.05, 4.69) is 5.10 Å². The Morgan fingerprint density at radius 3 is 2.21 bits per heavy atom. The van der Waals surface area contributed by atoms with Gasteiger partial charge in [-0.15, -0.1) is 0 Å². The molecule has 4 heterocycles. The number of carbonyl (C=O) groups excluding carboxylic acids is 2. The van der Waals surface area contributed by atoms with Gasteiger partial charge in [-0.25, -0.2) is 9.78 Å². The first-order chi connectivity index (χ1) is 22.6. The van der Waals surface area contributed by atoms with Gasteiger partial charge in [0.2, 0.25) is 0 Å². The number of nitrogens with zero attached hydrogens (tertiary/aromatic N) is 5. The third-order valence-electron chi connectivity index (χ3n) is 8.80. The van der Waals surface area contributed by atoms with Crippen LogP contribution >= 0.6 is 0 Å². The van der Waals surface area contributed by atoms with Crippen LogP contribution in [-0.4, -0.2) is 56.3 Å². The lowest BCUT2D eigenvalue weighted by Gasteiger charge is -2.33. The van der Waals surface area contributed by atoms with Gasteiger partial charge in [0.05, 0.1) is 35.1 Å². The lowest BCUT2D eigenvalue weighted by atomic mass is 9.96. The molecule has 252 valence electrons. The molecule has 1 unspecified atom stereocenters. The van der Waals surface area contributed by atoms with Gasteiger partial charge in [-0.05, 0) is 74.4 Å². The number of halogens is 6. The Hall–Kier alpha value is -5.08. The zero-order chi connectivity index (χ0) is 34.7. The summed E-state index contributed by atoms with van der Waals surface area (Å²) in [7, 11) is 1.63. The number of rotatable bonds is 7. The molecule has 2 fully saturated rings. The lowest BCUT2D eigenvalue weighted by Crippen LogP contribution is -2.38. The number of aromatic nitrogens is 3. The second kappa shape index (κ2) is 11.9. The highest BCUT2D eigenvalue weighted by atomic mass is 19.4. The number of hydrogen-bond donors (Lipinski definition) is 1. The highest BCUT2D eigenvalue weighted by Crippen LogP contribution is 2.42. The molecule has 0 aliphatic carbocycles. The van der Waals surface area contributed by atoms with Gasteiger partial charge in [-0.2, -0.15) is 31.4 Å². The fraction of sp³-hybridized carbons (Fsp3) is 0.333. The van der Waals surface area contributed by atoms with E-state index in [0.29, 0.717) is 63.6 Å². The molecule has 48 heavy (non-hydrogen) atoms. The third kappa shape index (κ3) is 5.92. The number of phenols is 1. The minimum atomic E-state index is -5.07. The van der Waals surface area contributed by atoms with Crippen LogP contribution in [0.2, 0.25) is 0 Å². The Bertz CT molecular complexity index is 1890. The summed E-state index contributed by atoms with van der Waals surface area (Å²) in [6.07, 6.45) is -10.9. The number of carbonyl (C=O) groups is 2. The van der Waals surface area contributed by atoms with Crippen molar-refractivity contribution < 1.29 is 45.8 Å². The van der Waals surface area contributed by atoms with Crippen LogP contribution in [0.25, 0.3) is 22.4 Å². The normalized spacial score (nSPS) is 18.2. The average Bonchev–Trinajstić information content (AvgIpc) is 3.44. The van der Waals surface area contributed by atoms with Crippen molar-refractivity contribution in [2.24, 2.45) is 7.05 Å². The van der Waals surface area contributed by atoms with Crippen molar-refractivity contribution in [3.63, 3.8) is 0 Å². The van der Waals surface area contributed by atoms with E-state index in [9.17, 15) is 41.0 Å². The lowest BCUT2D eigenvalue weighted by molar-refractivity contribution is -0.143. The number of aromatic hydroxyl groups is 1. The van der Waals surface area contributed by atoms with Gasteiger partial charge >= 0.3 is 18.4 Å². The molecule has 0 bridgehead atoms. The van der Waals surface area contributed by atoms with Gasteiger partial charge in [0.15, 0.2) is 6.29 Å². The van der Waals surface area contributed by atoms with Crippen LogP contribution in [0.4, 0.5) is 37.0 Å². The zero-order valence-electron chi connectivity index (χ0n) is 25.9. The van der Waals surface area contributed by atoms with Gasteiger partial charge < -0.3 is 14.7 Å². The van der Waals surface area contributed by atoms with Crippen LogP contribution in [-0.2, 0) is 30.7 Å². The van der Waals surface area contributed by atoms with E-state index in [-0.39, 0.29) is 18.4 Å². The fourth-order valence-electron chi connectivity index (χ4n) is 6.02. The number of pyridine rings is 1. The average molecular weight is 674 g/mol. The highest BCUT2D eigenvalue weighted by molar-refractivity contribution is 5.83. The standard InChI is InChI=1S/C33H29F6N5O4/c1-17-26(16-45)42(3)41-29(17)19-5-7-27(46)24(13-19)23-6-8-28(43-9-4-10-43)40-25(23)15-44-18(2)30(48-31(44)47)20-11-21(32(34,35)36)14-22(12-20)33(37,38)39/h5-8,11-14,16,18,30,46H,4,9-10,15H2,1-3H3/t18?,30-/m0/s1. The molecule has 9 nitrogen and oxygen atoms in total. The second-order valence-corrected chi connectivity index (χ2v) is 11.8.